The molecule has 5 nitrogen and oxygen atoms in total. The lowest BCUT2D eigenvalue weighted by molar-refractivity contribution is -0.132. The summed E-state index contributed by atoms with van der Waals surface area (Å²) >= 11 is 0. The lowest BCUT2D eigenvalue weighted by atomic mass is 9.97. The molecule has 0 aliphatic heterocycles. The summed E-state index contributed by atoms with van der Waals surface area (Å²) in [7, 11) is 0. The predicted octanol–water partition coefficient (Wildman–Crippen LogP) is 11.6. The Kier molecular flexibility index (Phi) is 14.0. The summed E-state index contributed by atoms with van der Waals surface area (Å²) in [5.74, 6) is 0.784. The van der Waals surface area contributed by atoms with Gasteiger partial charge in [0.1, 0.15) is 17.2 Å². The van der Waals surface area contributed by atoms with Crippen molar-refractivity contribution < 1.29 is 23.8 Å². The number of benzene rings is 4. The minimum atomic E-state index is -0.412. The van der Waals surface area contributed by atoms with E-state index in [2.05, 4.69) is 6.92 Å². The van der Waals surface area contributed by atoms with E-state index in [4.69, 9.17) is 14.2 Å². The first-order valence-electron chi connectivity index (χ1n) is 17.4. The number of carbonyl (C=O) groups excluding carboxylic acids is 2. The Labute approximate surface area is 269 Å². The molecule has 0 bridgehead atoms. The van der Waals surface area contributed by atoms with Crippen LogP contribution in [-0.4, -0.2) is 18.5 Å². The van der Waals surface area contributed by atoms with Gasteiger partial charge in [0.2, 0.25) is 0 Å². The summed E-state index contributed by atoms with van der Waals surface area (Å²) < 4.78 is 17.7. The minimum absolute atomic E-state index is 0.408. The van der Waals surface area contributed by atoms with Crippen LogP contribution in [0.3, 0.4) is 0 Å². The summed E-state index contributed by atoms with van der Waals surface area (Å²) in [5.41, 5.74) is 0. The third-order valence-corrected chi connectivity index (χ3v) is 8.61. The van der Waals surface area contributed by atoms with Crippen molar-refractivity contribution in [3.8, 4) is 17.2 Å². The van der Waals surface area contributed by atoms with E-state index < -0.39 is 11.9 Å². The van der Waals surface area contributed by atoms with Gasteiger partial charge in [-0.1, -0.05) is 128 Å². The molecule has 0 aliphatic carbocycles. The Bertz CT molecular complexity index is 1540. The zero-order valence-electron chi connectivity index (χ0n) is 27.8. The highest BCUT2D eigenvalue weighted by molar-refractivity contribution is 6.16. The van der Waals surface area contributed by atoms with E-state index in [1.165, 1.54) is 104 Å². The standard InChI is InChI=1S/C40H52O5/c1-4-5-6-7-8-9-10-11-12-13-14-15-16-17-18-21-26-43-34-24-25-35-38(29-34)40(45-31(3)42)37-28-33-23-20-19-22-32(33)27-36(37)39(35)44-30(2)41/h19-20,22-25,27-29H,4-18,21,26H2,1-3H3. The fraction of sp³-hybridized carbons (Fsp3) is 0.500. The number of rotatable bonds is 20. The van der Waals surface area contributed by atoms with E-state index in [1.54, 1.807) is 0 Å². The van der Waals surface area contributed by atoms with Crippen LogP contribution in [0.4, 0.5) is 0 Å². The first kappa shape index (κ1) is 34.3. The molecule has 4 rings (SSSR count). The molecule has 0 N–H and O–H groups in total. The highest BCUT2D eigenvalue weighted by Crippen LogP contribution is 2.45. The van der Waals surface area contributed by atoms with Gasteiger partial charge in [-0.15, -0.1) is 0 Å². The van der Waals surface area contributed by atoms with Crippen LogP contribution in [0.2, 0.25) is 0 Å². The van der Waals surface area contributed by atoms with Gasteiger partial charge in [0, 0.05) is 35.4 Å². The van der Waals surface area contributed by atoms with Crippen molar-refractivity contribution >= 4 is 44.3 Å². The molecular formula is C40H52O5. The summed E-state index contributed by atoms with van der Waals surface area (Å²) in [6, 6.07) is 17.6. The molecule has 0 radical (unpaired) electrons. The van der Waals surface area contributed by atoms with Gasteiger partial charge in [-0.2, -0.15) is 0 Å². The third kappa shape index (κ3) is 10.5. The number of hydrogen-bond acceptors (Lipinski definition) is 5. The SMILES string of the molecule is CCCCCCCCCCCCCCCCCCOc1ccc2c(OC(C)=O)c3cc4ccccc4cc3c(OC(C)=O)c2c1. The van der Waals surface area contributed by atoms with Gasteiger partial charge >= 0.3 is 11.9 Å². The summed E-state index contributed by atoms with van der Waals surface area (Å²) in [6.45, 7) is 5.70. The summed E-state index contributed by atoms with van der Waals surface area (Å²) in [5, 5.41) is 4.80. The Hall–Kier alpha value is -3.60. The molecule has 0 aromatic heterocycles. The first-order valence-corrected chi connectivity index (χ1v) is 17.4. The van der Waals surface area contributed by atoms with E-state index in [0.717, 1.165) is 29.0 Å². The zero-order valence-corrected chi connectivity index (χ0v) is 27.8. The molecule has 0 saturated carbocycles. The molecule has 4 aromatic carbocycles. The maximum absolute atomic E-state index is 12.2. The molecule has 0 aliphatic rings. The van der Waals surface area contributed by atoms with Crippen molar-refractivity contribution in [3.05, 3.63) is 54.6 Å². The maximum atomic E-state index is 12.2. The molecule has 0 heterocycles. The highest BCUT2D eigenvalue weighted by atomic mass is 16.5. The molecular weight excluding hydrogens is 560 g/mol. The van der Waals surface area contributed by atoms with Gasteiger partial charge in [-0.3, -0.25) is 9.59 Å². The summed E-state index contributed by atoms with van der Waals surface area (Å²) in [6.07, 6.45) is 21.4. The van der Waals surface area contributed by atoms with Crippen molar-refractivity contribution in [1.29, 1.82) is 0 Å². The molecule has 0 amide bonds. The second-order valence-corrected chi connectivity index (χ2v) is 12.4. The smallest absolute Gasteiger partial charge is 0.308 e. The van der Waals surface area contributed by atoms with Crippen LogP contribution in [-0.2, 0) is 9.59 Å². The average molecular weight is 613 g/mol. The lowest BCUT2D eigenvalue weighted by Crippen LogP contribution is -2.06. The first-order chi connectivity index (χ1) is 22.0. The minimum Gasteiger partial charge on any atom is -0.494 e. The quantitative estimate of drug-likeness (QED) is 0.0430. The molecule has 0 fully saturated rings. The fourth-order valence-electron chi connectivity index (χ4n) is 6.25. The van der Waals surface area contributed by atoms with Crippen LogP contribution in [0.15, 0.2) is 54.6 Å². The summed E-state index contributed by atoms with van der Waals surface area (Å²) in [4.78, 5) is 24.4. The monoisotopic (exact) mass is 612 g/mol. The van der Waals surface area contributed by atoms with E-state index in [0.29, 0.717) is 40.0 Å². The largest absolute Gasteiger partial charge is 0.494 e. The van der Waals surface area contributed by atoms with Crippen LogP contribution in [0.25, 0.3) is 32.3 Å². The number of ether oxygens (including phenoxy) is 3. The predicted molar refractivity (Wildman–Crippen MR) is 187 cm³/mol. The van der Waals surface area contributed by atoms with Crippen molar-refractivity contribution in [1.82, 2.24) is 0 Å². The van der Waals surface area contributed by atoms with E-state index in [1.807, 2.05) is 54.6 Å². The van der Waals surface area contributed by atoms with Crippen molar-refractivity contribution in [2.45, 2.75) is 124 Å². The van der Waals surface area contributed by atoms with Crippen LogP contribution < -0.4 is 14.2 Å². The van der Waals surface area contributed by atoms with E-state index >= 15 is 0 Å². The van der Waals surface area contributed by atoms with Gasteiger partial charge in [0.05, 0.1) is 6.61 Å². The maximum Gasteiger partial charge on any atom is 0.308 e. The number of hydrogen-bond donors (Lipinski definition) is 0. The number of unbranched alkanes of at least 4 members (excludes halogenated alkanes) is 15. The second kappa shape index (κ2) is 18.4. The van der Waals surface area contributed by atoms with Crippen LogP contribution in [0, 0.1) is 0 Å². The molecule has 0 unspecified atom stereocenters. The molecule has 4 aromatic rings. The fourth-order valence-corrected chi connectivity index (χ4v) is 6.25. The Morgan fingerprint density at radius 1 is 0.511 bits per heavy atom. The van der Waals surface area contributed by atoms with Crippen molar-refractivity contribution in [2.24, 2.45) is 0 Å². The zero-order chi connectivity index (χ0) is 31.9. The lowest BCUT2D eigenvalue weighted by Gasteiger charge is -2.17. The van der Waals surface area contributed by atoms with E-state index in [-0.39, 0.29) is 0 Å². The number of esters is 2. The molecule has 0 saturated heterocycles. The Morgan fingerprint density at radius 3 is 1.40 bits per heavy atom. The highest BCUT2D eigenvalue weighted by Gasteiger charge is 2.20. The Balaban J connectivity index is 1.29. The van der Waals surface area contributed by atoms with Crippen molar-refractivity contribution in [2.75, 3.05) is 6.61 Å². The molecule has 0 spiro atoms. The Morgan fingerprint density at radius 2 is 0.933 bits per heavy atom. The molecule has 5 heteroatoms. The van der Waals surface area contributed by atoms with E-state index in [9.17, 15) is 9.59 Å². The number of fused-ring (bicyclic) bond motifs is 3. The third-order valence-electron chi connectivity index (χ3n) is 8.61. The van der Waals surface area contributed by atoms with Gasteiger partial charge in [-0.05, 0) is 47.5 Å². The molecule has 0 atom stereocenters. The van der Waals surface area contributed by atoms with Crippen LogP contribution >= 0.6 is 0 Å². The average Bonchev–Trinajstić information content (AvgIpc) is 3.03. The normalized spacial score (nSPS) is 11.4. The van der Waals surface area contributed by atoms with Gasteiger partial charge in [-0.25, -0.2) is 0 Å². The topological polar surface area (TPSA) is 61.8 Å². The molecule has 45 heavy (non-hydrogen) atoms. The van der Waals surface area contributed by atoms with Gasteiger partial charge < -0.3 is 14.2 Å². The van der Waals surface area contributed by atoms with Gasteiger partial charge in [0.15, 0.2) is 0 Å². The van der Waals surface area contributed by atoms with Crippen LogP contribution in [0.5, 0.6) is 17.2 Å². The second-order valence-electron chi connectivity index (χ2n) is 12.4. The number of carbonyl (C=O) groups is 2. The van der Waals surface area contributed by atoms with Gasteiger partial charge in [0.25, 0.3) is 0 Å². The van der Waals surface area contributed by atoms with Crippen LogP contribution in [0.1, 0.15) is 124 Å². The van der Waals surface area contributed by atoms with Crippen molar-refractivity contribution in [3.63, 3.8) is 0 Å². The molecule has 242 valence electrons.